The maximum absolute atomic E-state index is 12.7. The van der Waals surface area contributed by atoms with Gasteiger partial charge >= 0.3 is 0 Å². The van der Waals surface area contributed by atoms with E-state index >= 15 is 0 Å². The highest BCUT2D eigenvalue weighted by atomic mass is 35.5. The minimum absolute atomic E-state index is 0.0517. The van der Waals surface area contributed by atoms with Crippen molar-refractivity contribution in [3.05, 3.63) is 108 Å². The number of benzene rings is 3. The summed E-state index contributed by atoms with van der Waals surface area (Å²) in [6.45, 7) is 0. The van der Waals surface area contributed by atoms with Crippen LogP contribution in [0.5, 0.6) is 0 Å². The van der Waals surface area contributed by atoms with Gasteiger partial charge in [-0.3, -0.25) is 9.52 Å². The van der Waals surface area contributed by atoms with Crippen LogP contribution in [0.2, 0.25) is 5.02 Å². The molecule has 10 heteroatoms. The smallest absolute Gasteiger partial charge is 0.271 e. The molecule has 0 aliphatic rings. The molecule has 1 aromatic heterocycles. The van der Waals surface area contributed by atoms with Crippen molar-refractivity contribution in [3.63, 3.8) is 0 Å². The van der Waals surface area contributed by atoms with Crippen molar-refractivity contribution in [2.24, 2.45) is 5.10 Å². The fourth-order valence-electron chi connectivity index (χ4n) is 2.91. The van der Waals surface area contributed by atoms with Crippen molar-refractivity contribution in [1.82, 2.24) is 15.0 Å². The van der Waals surface area contributed by atoms with Crippen LogP contribution in [-0.2, 0) is 10.0 Å². The van der Waals surface area contributed by atoms with Crippen molar-refractivity contribution < 1.29 is 13.2 Å². The van der Waals surface area contributed by atoms with Crippen LogP contribution in [0.3, 0.4) is 0 Å². The van der Waals surface area contributed by atoms with Gasteiger partial charge in [0, 0.05) is 34.4 Å². The SMILES string of the molecule is O=C(N/N=C/c1ccc(-n2ccnc2)cc1)c1cccc(S(=O)(=O)Nc2ccc(Cl)cc2)c1. The Kier molecular flexibility index (Phi) is 6.53. The Morgan fingerprint density at radius 2 is 1.79 bits per heavy atom. The quantitative estimate of drug-likeness (QED) is 0.307. The van der Waals surface area contributed by atoms with Gasteiger partial charge in [-0.15, -0.1) is 0 Å². The van der Waals surface area contributed by atoms with E-state index in [-0.39, 0.29) is 10.5 Å². The number of carbonyl (C=O) groups excluding carboxylic acids is 1. The number of nitrogens with zero attached hydrogens (tertiary/aromatic N) is 3. The molecule has 2 N–H and O–H groups in total. The number of anilines is 1. The number of aromatic nitrogens is 2. The van der Waals surface area contributed by atoms with E-state index in [2.05, 4.69) is 20.2 Å². The Morgan fingerprint density at radius 1 is 1.03 bits per heavy atom. The first-order chi connectivity index (χ1) is 15.9. The summed E-state index contributed by atoms with van der Waals surface area (Å²) >= 11 is 5.83. The Balaban J connectivity index is 1.41. The highest BCUT2D eigenvalue weighted by molar-refractivity contribution is 7.92. The number of carbonyl (C=O) groups is 1. The topological polar surface area (TPSA) is 105 Å². The van der Waals surface area contributed by atoms with Gasteiger partial charge < -0.3 is 4.57 Å². The minimum Gasteiger partial charge on any atom is -0.306 e. The Hall–Kier alpha value is -3.95. The fraction of sp³-hybridized carbons (Fsp3) is 0. The normalized spacial score (nSPS) is 11.4. The Bertz CT molecular complexity index is 1390. The number of hydrogen-bond acceptors (Lipinski definition) is 5. The second-order valence-corrected chi connectivity index (χ2v) is 9.02. The van der Waals surface area contributed by atoms with Crippen LogP contribution >= 0.6 is 11.6 Å². The molecule has 0 unspecified atom stereocenters. The summed E-state index contributed by atoms with van der Waals surface area (Å²) in [5.74, 6) is -0.537. The molecule has 4 rings (SSSR count). The van der Waals surface area contributed by atoms with Crippen LogP contribution in [0.15, 0.2) is 102 Å². The number of sulfonamides is 1. The summed E-state index contributed by atoms with van der Waals surface area (Å²) in [5, 5.41) is 4.45. The zero-order valence-corrected chi connectivity index (χ0v) is 18.7. The van der Waals surface area contributed by atoms with Crippen molar-refractivity contribution in [3.8, 4) is 5.69 Å². The van der Waals surface area contributed by atoms with Crippen molar-refractivity contribution in [2.75, 3.05) is 4.72 Å². The van der Waals surface area contributed by atoms with Gasteiger partial charge in [0.05, 0.1) is 17.4 Å². The van der Waals surface area contributed by atoms with Crippen molar-refractivity contribution in [2.45, 2.75) is 4.90 Å². The molecule has 1 amide bonds. The average molecular weight is 480 g/mol. The van der Waals surface area contributed by atoms with Crippen molar-refractivity contribution >= 4 is 39.4 Å². The lowest BCUT2D eigenvalue weighted by Gasteiger charge is -2.09. The molecule has 0 radical (unpaired) electrons. The average Bonchev–Trinajstić information content (AvgIpc) is 3.36. The van der Waals surface area contributed by atoms with E-state index in [4.69, 9.17) is 11.6 Å². The highest BCUT2D eigenvalue weighted by Crippen LogP contribution is 2.19. The van der Waals surface area contributed by atoms with Crippen LogP contribution in [0, 0.1) is 0 Å². The summed E-state index contributed by atoms with van der Waals surface area (Å²) in [6.07, 6.45) is 6.72. The number of amides is 1. The molecule has 0 atom stereocenters. The van der Waals surface area contributed by atoms with Gasteiger partial charge in [-0.25, -0.2) is 18.8 Å². The Labute approximate surface area is 195 Å². The summed E-state index contributed by atoms with van der Waals surface area (Å²) in [6, 6.07) is 19.4. The standard InChI is InChI=1S/C23H18ClN5O3S/c24-19-6-8-20(9-7-19)28-33(31,32)22-3-1-2-18(14-22)23(30)27-26-15-17-4-10-21(11-5-17)29-13-12-25-16-29/h1-16,28H,(H,27,30)/b26-15+. The van der Waals surface area contributed by atoms with Gasteiger partial charge in [0.25, 0.3) is 15.9 Å². The fourth-order valence-corrected chi connectivity index (χ4v) is 4.14. The monoisotopic (exact) mass is 479 g/mol. The molecule has 0 saturated heterocycles. The second kappa shape index (κ2) is 9.68. The maximum atomic E-state index is 12.7. The summed E-state index contributed by atoms with van der Waals surface area (Å²) in [4.78, 5) is 16.4. The first-order valence-electron chi connectivity index (χ1n) is 9.71. The van der Waals surface area contributed by atoms with Crippen LogP contribution < -0.4 is 10.1 Å². The number of hydrazone groups is 1. The van der Waals surface area contributed by atoms with E-state index in [1.165, 1.54) is 30.5 Å². The van der Waals surface area contributed by atoms with Crippen LogP contribution in [0.25, 0.3) is 5.69 Å². The molecular formula is C23H18ClN5O3S. The molecule has 0 bridgehead atoms. The molecule has 8 nitrogen and oxygen atoms in total. The lowest BCUT2D eigenvalue weighted by atomic mass is 10.2. The molecule has 0 aliphatic heterocycles. The second-order valence-electron chi connectivity index (χ2n) is 6.90. The zero-order valence-electron chi connectivity index (χ0n) is 17.1. The molecule has 166 valence electrons. The third-order valence-electron chi connectivity index (χ3n) is 4.58. The van der Waals surface area contributed by atoms with Gasteiger partial charge in [0.1, 0.15) is 0 Å². The number of imidazole rings is 1. The predicted molar refractivity (Wildman–Crippen MR) is 127 cm³/mol. The molecule has 0 fully saturated rings. The molecule has 1 heterocycles. The third-order valence-corrected chi connectivity index (χ3v) is 6.21. The van der Waals surface area contributed by atoms with E-state index in [9.17, 15) is 13.2 Å². The third kappa shape index (κ3) is 5.65. The molecule has 0 spiro atoms. The minimum atomic E-state index is -3.89. The van der Waals surface area contributed by atoms with Gasteiger partial charge in [-0.2, -0.15) is 5.10 Å². The predicted octanol–water partition coefficient (Wildman–Crippen LogP) is 4.09. The highest BCUT2D eigenvalue weighted by Gasteiger charge is 2.16. The van der Waals surface area contributed by atoms with Crippen LogP contribution in [0.4, 0.5) is 5.69 Å². The molecular weight excluding hydrogens is 462 g/mol. The maximum Gasteiger partial charge on any atom is 0.271 e. The molecule has 0 aliphatic carbocycles. The number of halogens is 1. The van der Waals surface area contributed by atoms with Crippen LogP contribution in [0.1, 0.15) is 15.9 Å². The first-order valence-corrected chi connectivity index (χ1v) is 11.6. The van der Waals surface area contributed by atoms with E-state index in [0.29, 0.717) is 10.7 Å². The number of rotatable bonds is 7. The van der Waals surface area contributed by atoms with Gasteiger partial charge in [-0.05, 0) is 60.2 Å². The van der Waals surface area contributed by atoms with Gasteiger partial charge in [0.15, 0.2) is 0 Å². The largest absolute Gasteiger partial charge is 0.306 e. The van der Waals surface area contributed by atoms with Crippen LogP contribution in [-0.4, -0.2) is 30.1 Å². The lowest BCUT2D eigenvalue weighted by molar-refractivity contribution is 0.0955. The first kappa shape index (κ1) is 22.3. The van der Waals surface area contributed by atoms with E-state index in [1.807, 2.05) is 35.0 Å². The molecule has 3 aromatic carbocycles. The summed E-state index contributed by atoms with van der Waals surface area (Å²) < 4.78 is 29.6. The zero-order chi connectivity index (χ0) is 23.3. The summed E-state index contributed by atoms with van der Waals surface area (Å²) in [7, 11) is -3.89. The van der Waals surface area contributed by atoms with E-state index in [1.54, 1.807) is 36.8 Å². The Morgan fingerprint density at radius 3 is 2.48 bits per heavy atom. The number of hydrogen-bond donors (Lipinski definition) is 2. The molecule has 4 aromatic rings. The van der Waals surface area contributed by atoms with Crippen molar-refractivity contribution in [1.29, 1.82) is 0 Å². The van der Waals surface area contributed by atoms with Gasteiger partial charge in [0.2, 0.25) is 0 Å². The van der Waals surface area contributed by atoms with E-state index < -0.39 is 15.9 Å². The summed E-state index contributed by atoms with van der Waals surface area (Å²) in [5.41, 5.74) is 4.65. The molecule has 33 heavy (non-hydrogen) atoms. The number of nitrogens with one attached hydrogen (secondary N) is 2. The van der Waals surface area contributed by atoms with Gasteiger partial charge in [-0.1, -0.05) is 29.8 Å². The molecule has 0 saturated carbocycles. The lowest BCUT2D eigenvalue weighted by Crippen LogP contribution is -2.19. The van der Waals surface area contributed by atoms with E-state index in [0.717, 1.165) is 11.3 Å².